The molecular formula is C20H22N6S. The molecule has 0 atom stereocenters. The number of benzene rings is 1. The molecule has 4 aromatic rings. The second-order valence-corrected chi connectivity index (χ2v) is 7.42. The van der Waals surface area contributed by atoms with Gasteiger partial charge in [0.2, 0.25) is 0 Å². The van der Waals surface area contributed by atoms with Crippen LogP contribution in [0.15, 0.2) is 60.0 Å². The number of imidazole rings is 1. The fraction of sp³-hybridized carbons (Fsp3) is 0.250. The number of fused-ring (bicyclic) bond motifs is 1. The van der Waals surface area contributed by atoms with Gasteiger partial charge in [-0.2, -0.15) is 0 Å². The molecular weight excluding hydrogens is 356 g/mol. The highest BCUT2D eigenvalue weighted by atomic mass is 32.2. The predicted molar refractivity (Wildman–Crippen MR) is 110 cm³/mol. The second kappa shape index (κ2) is 7.44. The Morgan fingerprint density at radius 1 is 1.04 bits per heavy atom. The van der Waals surface area contributed by atoms with E-state index in [1.165, 1.54) is 5.69 Å². The van der Waals surface area contributed by atoms with Crippen LogP contribution >= 0.6 is 11.8 Å². The molecule has 0 aliphatic rings. The molecule has 27 heavy (non-hydrogen) atoms. The monoisotopic (exact) mass is 378 g/mol. The van der Waals surface area contributed by atoms with E-state index in [9.17, 15) is 0 Å². The van der Waals surface area contributed by atoms with Gasteiger partial charge in [-0.15, -0.1) is 10.2 Å². The van der Waals surface area contributed by atoms with Crippen LogP contribution in [0.5, 0.6) is 0 Å². The van der Waals surface area contributed by atoms with Crippen molar-refractivity contribution in [2.75, 3.05) is 19.0 Å². The Kier molecular flexibility index (Phi) is 4.85. The average molecular weight is 379 g/mol. The van der Waals surface area contributed by atoms with Crippen LogP contribution in [-0.4, -0.2) is 38.2 Å². The molecule has 6 nitrogen and oxygen atoms in total. The fourth-order valence-electron chi connectivity index (χ4n) is 3.00. The highest BCUT2D eigenvalue weighted by molar-refractivity contribution is 7.98. The number of aromatic nitrogens is 5. The fourth-order valence-corrected chi connectivity index (χ4v) is 3.88. The summed E-state index contributed by atoms with van der Waals surface area (Å²) in [5.41, 5.74) is 4.25. The summed E-state index contributed by atoms with van der Waals surface area (Å²) < 4.78 is 4.20. The molecule has 0 aliphatic carbocycles. The van der Waals surface area contributed by atoms with Crippen LogP contribution in [0.2, 0.25) is 0 Å². The molecule has 4 rings (SSSR count). The van der Waals surface area contributed by atoms with E-state index in [-0.39, 0.29) is 0 Å². The molecule has 138 valence electrons. The minimum atomic E-state index is 0.763. The van der Waals surface area contributed by atoms with E-state index >= 15 is 0 Å². The Hall–Kier alpha value is -2.80. The molecule has 3 heterocycles. The van der Waals surface area contributed by atoms with Crippen molar-refractivity contribution in [3.63, 3.8) is 0 Å². The molecule has 0 N–H and O–H groups in total. The molecule has 0 bridgehead atoms. The van der Waals surface area contributed by atoms with Crippen LogP contribution in [0.3, 0.4) is 0 Å². The van der Waals surface area contributed by atoms with E-state index in [0.29, 0.717) is 0 Å². The van der Waals surface area contributed by atoms with Crippen molar-refractivity contribution in [2.45, 2.75) is 24.4 Å². The number of rotatable bonds is 6. The second-order valence-electron chi connectivity index (χ2n) is 6.48. The molecule has 0 fully saturated rings. The maximum absolute atomic E-state index is 4.65. The number of hydrogen-bond donors (Lipinski definition) is 0. The Bertz CT molecular complexity index is 1010. The largest absolute Gasteiger partial charge is 0.378 e. The van der Waals surface area contributed by atoms with Gasteiger partial charge in [-0.1, -0.05) is 17.8 Å². The van der Waals surface area contributed by atoms with Gasteiger partial charge in [0.1, 0.15) is 5.65 Å². The van der Waals surface area contributed by atoms with Gasteiger partial charge in [0, 0.05) is 50.0 Å². The van der Waals surface area contributed by atoms with Gasteiger partial charge in [-0.25, -0.2) is 4.98 Å². The first-order valence-electron chi connectivity index (χ1n) is 8.92. The quantitative estimate of drug-likeness (QED) is 0.475. The maximum atomic E-state index is 4.65. The van der Waals surface area contributed by atoms with E-state index in [2.05, 4.69) is 62.0 Å². The number of thioether (sulfide) groups is 1. The predicted octanol–water partition coefficient (Wildman–Crippen LogP) is 3.97. The Morgan fingerprint density at radius 3 is 2.56 bits per heavy atom. The molecule has 0 amide bonds. The molecule has 0 spiro atoms. The van der Waals surface area contributed by atoms with E-state index in [1.807, 2.05) is 42.9 Å². The standard InChI is InChI=1S/C20H22N6S/c1-4-26-19(15-8-10-17(11-9-15)24(2)3)22-23-20(26)27-14-16-13-25-12-6-5-7-18(25)21-16/h5-13H,4,14H2,1-3H3. The zero-order valence-electron chi connectivity index (χ0n) is 15.7. The topological polar surface area (TPSA) is 51.3 Å². The summed E-state index contributed by atoms with van der Waals surface area (Å²) in [4.78, 5) is 6.74. The van der Waals surface area contributed by atoms with Crippen molar-refractivity contribution in [1.82, 2.24) is 24.1 Å². The molecule has 0 unspecified atom stereocenters. The minimum Gasteiger partial charge on any atom is -0.378 e. The van der Waals surface area contributed by atoms with Crippen molar-refractivity contribution in [3.8, 4) is 11.4 Å². The van der Waals surface area contributed by atoms with E-state index in [4.69, 9.17) is 0 Å². The van der Waals surface area contributed by atoms with Crippen LogP contribution in [0.25, 0.3) is 17.0 Å². The lowest BCUT2D eigenvalue weighted by atomic mass is 10.2. The SMILES string of the molecule is CCn1c(SCc2cn3ccccc3n2)nnc1-c1ccc(N(C)C)cc1. The number of nitrogens with zero attached hydrogens (tertiary/aromatic N) is 6. The highest BCUT2D eigenvalue weighted by Crippen LogP contribution is 2.27. The molecule has 0 saturated heterocycles. The number of pyridine rings is 1. The van der Waals surface area contributed by atoms with Gasteiger partial charge in [-0.3, -0.25) is 0 Å². The van der Waals surface area contributed by atoms with Gasteiger partial charge in [-0.05, 0) is 43.3 Å². The van der Waals surface area contributed by atoms with E-state index in [1.54, 1.807) is 11.8 Å². The third-order valence-electron chi connectivity index (χ3n) is 4.44. The number of anilines is 1. The van der Waals surface area contributed by atoms with Crippen molar-refractivity contribution >= 4 is 23.1 Å². The molecule has 0 saturated carbocycles. The Morgan fingerprint density at radius 2 is 1.85 bits per heavy atom. The van der Waals surface area contributed by atoms with Crippen molar-refractivity contribution in [3.05, 3.63) is 60.6 Å². The van der Waals surface area contributed by atoms with Crippen molar-refractivity contribution in [1.29, 1.82) is 0 Å². The van der Waals surface area contributed by atoms with Gasteiger partial charge in [0.25, 0.3) is 0 Å². The van der Waals surface area contributed by atoms with Crippen LogP contribution < -0.4 is 4.90 Å². The summed E-state index contributed by atoms with van der Waals surface area (Å²) >= 11 is 1.67. The highest BCUT2D eigenvalue weighted by Gasteiger charge is 2.14. The van der Waals surface area contributed by atoms with Crippen LogP contribution in [0.1, 0.15) is 12.6 Å². The summed E-state index contributed by atoms with van der Waals surface area (Å²) in [6.07, 6.45) is 4.08. The molecule has 0 radical (unpaired) electrons. The molecule has 7 heteroatoms. The third kappa shape index (κ3) is 3.55. The summed E-state index contributed by atoms with van der Waals surface area (Å²) in [5.74, 6) is 1.67. The first-order valence-corrected chi connectivity index (χ1v) is 9.90. The summed E-state index contributed by atoms with van der Waals surface area (Å²) in [5, 5.41) is 9.78. The summed E-state index contributed by atoms with van der Waals surface area (Å²) in [7, 11) is 4.08. The Labute approximate surface area is 162 Å². The lowest BCUT2D eigenvalue weighted by Gasteiger charge is -2.13. The minimum absolute atomic E-state index is 0.763. The van der Waals surface area contributed by atoms with E-state index in [0.717, 1.165) is 40.2 Å². The van der Waals surface area contributed by atoms with Gasteiger partial charge in [0.05, 0.1) is 5.69 Å². The van der Waals surface area contributed by atoms with Crippen molar-refractivity contribution < 1.29 is 0 Å². The smallest absolute Gasteiger partial charge is 0.191 e. The number of hydrogen-bond acceptors (Lipinski definition) is 5. The first-order chi connectivity index (χ1) is 13.2. The van der Waals surface area contributed by atoms with Gasteiger partial charge >= 0.3 is 0 Å². The van der Waals surface area contributed by atoms with Crippen LogP contribution in [-0.2, 0) is 12.3 Å². The summed E-state index contributed by atoms with van der Waals surface area (Å²) in [6.45, 7) is 2.95. The normalized spacial score (nSPS) is 11.2. The van der Waals surface area contributed by atoms with Crippen molar-refractivity contribution in [2.24, 2.45) is 0 Å². The molecule has 0 aliphatic heterocycles. The lowest BCUT2D eigenvalue weighted by molar-refractivity contribution is 0.687. The Balaban J connectivity index is 1.55. The van der Waals surface area contributed by atoms with Crippen LogP contribution in [0.4, 0.5) is 5.69 Å². The zero-order chi connectivity index (χ0) is 18.8. The van der Waals surface area contributed by atoms with Gasteiger partial charge < -0.3 is 13.9 Å². The zero-order valence-corrected chi connectivity index (χ0v) is 16.5. The lowest BCUT2D eigenvalue weighted by Crippen LogP contribution is -2.08. The maximum Gasteiger partial charge on any atom is 0.191 e. The molecule has 1 aromatic carbocycles. The van der Waals surface area contributed by atoms with Crippen LogP contribution in [0, 0.1) is 0 Å². The summed E-state index contributed by atoms with van der Waals surface area (Å²) in [6, 6.07) is 14.4. The molecule has 3 aromatic heterocycles. The first kappa shape index (κ1) is 17.6. The van der Waals surface area contributed by atoms with E-state index < -0.39 is 0 Å². The third-order valence-corrected chi connectivity index (χ3v) is 5.44. The van der Waals surface area contributed by atoms with Gasteiger partial charge in [0.15, 0.2) is 11.0 Å². The average Bonchev–Trinajstić information content (AvgIpc) is 3.29.